The first-order valence-electron chi connectivity index (χ1n) is 9.47. The molecule has 2 aromatic rings. The SMILES string of the molecule is C[C@H]1CN(Cc2ccc(C(=O)N[C@@H](C(=O)O)c3ccccc3)cc2)C[C@H](C)O1. The second-order valence-corrected chi connectivity index (χ2v) is 7.30. The number of hydrogen-bond acceptors (Lipinski definition) is 4. The smallest absolute Gasteiger partial charge is 0.330 e. The maximum atomic E-state index is 12.5. The normalized spacial score (nSPS) is 21.1. The maximum Gasteiger partial charge on any atom is 0.330 e. The lowest BCUT2D eigenvalue weighted by molar-refractivity contribution is -0.139. The molecule has 0 saturated carbocycles. The molecule has 0 unspecified atom stereocenters. The van der Waals surface area contributed by atoms with Gasteiger partial charge in [0.25, 0.3) is 5.91 Å². The first-order chi connectivity index (χ1) is 13.4. The first kappa shape index (κ1) is 20.0. The second-order valence-electron chi connectivity index (χ2n) is 7.30. The van der Waals surface area contributed by atoms with Crippen LogP contribution < -0.4 is 5.32 Å². The van der Waals surface area contributed by atoms with Crippen LogP contribution in [0.1, 0.15) is 41.4 Å². The molecule has 6 nitrogen and oxygen atoms in total. The molecule has 1 amide bonds. The second kappa shape index (κ2) is 8.99. The van der Waals surface area contributed by atoms with Crippen molar-refractivity contribution >= 4 is 11.9 Å². The van der Waals surface area contributed by atoms with Crippen LogP contribution in [0.15, 0.2) is 54.6 Å². The Bertz CT molecular complexity index is 797. The average molecular weight is 382 g/mol. The molecule has 2 aromatic carbocycles. The van der Waals surface area contributed by atoms with Gasteiger partial charge in [-0.05, 0) is 37.1 Å². The summed E-state index contributed by atoms with van der Waals surface area (Å²) in [4.78, 5) is 26.4. The summed E-state index contributed by atoms with van der Waals surface area (Å²) >= 11 is 0. The molecule has 3 atom stereocenters. The number of carbonyl (C=O) groups is 2. The molecule has 6 heteroatoms. The molecular formula is C22H26N2O4. The van der Waals surface area contributed by atoms with Crippen molar-refractivity contribution in [2.45, 2.75) is 38.6 Å². The molecule has 0 radical (unpaired) electrons. The molecule has 3 rings (SSSR count). The number of amides is 1. The Morgan fingerprint density at radius 1 is 1.07 bits per heavy atom. The third-order valence-electron chi connectivity index (χ3n) is 4.77. The molecule has 1 heterocycles. The fourth-order valence-corrected chi connectivity index (χ4v) is 3.58. The van der Waals surface area contributed by atoms with Gasteiger partial charge >= 0.3 is 5.97 Å². The van der Waals surface area contributed by atoms with Crippen molar-refractivity contribution < 1.29 is 19.4 Å². The predicted octanol–water partition coefficient (Wildman–Crippen LogP) is 2.85. The predicted molar refractivity (Wildman–Crippen MR) is 106 cm³/mol. The largest absolute Gasteiger partial charge is 0.479 e. The first-order valence-corrected chi connectivity index (χ1v) is 9.47. The molecule has 0 bridgehead atoms. The monoisotopic (exact) mass is 382 g/mol. The molecule has 148 valence electrons. The highest BCUT2D eigenvalue weighted by Crippen LogP contribution is 2.16. The van der Waals surface area contributed by atoms with Crippen molar-refractivity contribution in [2.24, 2.45) is 0 Å². The number of morpholine rings is 1. The van der Waals surface area contributed by atoms with Crippen molar-refractivity contribution in [1.82, 2.24) is 10.2 Å². The number of aliphatic carboxylic acids is 1. The van der Waals surface area contributed by atoms with Gasteiger partial charge in [0, 0.05) is 25.2 Å². The molecule has 2 N–H and O–H groups in total. The highest BCUT2D eigenvalue weighted by molar-refractivity contribution is 5.96. The zero-order valence-corrected chi connectivity index (χ0v) is 16.2. The van der Waals surface area contributed by atoms with E-state index in [1.165, 1.54) is 0 Å². The minimum Gasteiger partial charge on any atom is -0.479 e. The Morgan fingerprint density at radius 2 is 1.68 bits per heavy atom. The summed E-state index contributed by atoms with van der Waals surface area (Å²) in [5.41, 5.74) is 2.08. The number of carboxylic acids is 1. The van der Waals surface area contributed by atoms with Crippen LogP contribution in [0, 0.1) is 0 Å². The summed E-state index contributed by atoms with van der Waals surface area (Å²) in [7, 11) is 0. The Morgan fingerprint density at radius 3 is 2.25 bits per heavy atom. The van der Waals surface area contributed by atoms with Gasteiger partial charge in [0.15, 0.2) is 6.04 Å². The number of ether oxygens (including phenoxy) is 1. The van der Waals surface area contributed by atoms with Gasteiger partial charge in [-0.25, -0.2) is 4.79 Å². The van der Waals surface area contributed by atoms with Crippen LogP contribution >= 0.6 is 0 Å². The third-order valence-corrected chi connectivity index (χ3v) is 4.77. The van der Waals surface area contributed by atoms with Crippen LogP contribution in [0.25, 0.3) is 0 Å². The van der Waals surface area contributed by atoms with Crippen molar-refractivity contribution in [1.29, 1.82) is 0 Å². The summed E-state index contributed by atoms with van der Waals surface area (Å²) < 4.78 is 5.75. The van der Waals surface area contributed by atoms with E-state index in [0.29, 0.717) is 11.1 Å². The quantitative estimate of drug-likeness (QED) is 0.803. The summed E-state index contributed by atoms with van der Waals surface area (Å²) in [6.45, 7) is 6.69. The number of carboxylic acid groups (broad SMARTS) is 1. The van der Waals surface area contributed by atoms with E-state index in [4.69, 9.17) is 4.74 Å². The van der Waals surface area contributed by atoms with Crippen molar-refractivity contribution in [3.8, 4) is 0 Å². The minimum absolute atomic E-state index is 0.208. The van der Waals surface area contributed by atoms with Crippen LogP contribution in [0.3, 0.4) is 0 Å². The van der Waals surface area contributed by atoms with Crippen molar-refractivity contribution in [3.63, 3.8) is 0 Å². The van der Waals surface area contributed by atoms with Gasteiger partial charge in [0.05, 0.1) is 12.2 Å². The zero-order valence-electron chi connectivity index (χ0n) is 16.2. The van der Waals surface area contributed by atoms with E-state index in [1.54, 1.807) is 42.5 Å². The molecular weight excluding hydrogens is 356 g/mol. The standard InChI is InChI=1S/C22H26N2O4/c1-15-12-24(13-16(2)28-15)14-17-8-10-19(11-9-17)21(25)23-20(22(26)27)18-6-4-3-5-7-18/h3-11,15-16,20H,12-14H2,1-2H3,(H,23,25)(H,26,27)/t15-,16-,20+/m0/s1. The Labute approximate surface area is 165 Å². The number of benzene rings is 2. The Kier molecular flexibility index (Phi) is 6.44. The zero-order chi connectivity index (χ0) is 20.1. The molecule has 0 spiro atoms. The number of carbonyl (C=O) groups excluding carboxylic acids is 1. The highest BCUT2D eigenvalue weighted by Gasteiger charge is 2.23. The maximum absolute atomic E-state index is 12.5. The van der Waals surface area contributed by atoms with Gasteiger partial charge in [0.1, 0.15) is 0 Å². The summed E-state index contributed by atoms with van der Waals surface area (Å²) in [6, 6.07) is 14.9. The van der Waals surface area contributed by atoms with E-state index in [0.717, 1.165) is 25.2 Å². The fourth-order valence-electron chi connectivity index (χ4n) is 3.58. The third kappa shape index (κ3) is 5.18. The topological polar surface area (TPSA) is 78.9 Å². The van der Waals surface area contributed by atoms with Gasteiger partial charge in [-0.1, -0.05) is 42.5 Å². The fraction of sp³-hybridized carbons (Fsp3) is 0.364. The number of nitrogens with one attached hydrogen (secondary N) is 1. The Balaban J connectivity index is 1.64. The lowest BCUT2D eigenvalue weighted by atomic mass is 10.1. The summed E-state index contributed by atoms with van der Waals surface area (Å²) in [5.74, 6) is -1.50. The Hall–Kier alpha value is -2.70. The summed E-state index contributed by atoms with van der Waals surface area (Å²) in [5, 5.41) is 12.1. The minimum atomic E-state index is -1.09. The van der Waals surface area contributed by atoms with E-state index in [-0.39, 0.29) is 12.2 Å². The molecule has 0 aliphatic carbocycles. The van der Waals surface area contributed by atoms with Crippen LogP contribution in [0.4, 0.5) is 0 Å². The van der Waals surface area contributed by atoms with Crippen LogP contribution in [0.5, 0.6) is 0 Å². The van der Waals surface area contributed by atoms with Gasteiger partial charge in [0.2, 0.25) is 0 Å². The number of nitrogens with zero attached hydrogens (tertiary/aromatic N) is 1. The lowest BCUT2D eigenvalue weighted by Gasteiger charge is -2.35. The van der Waals surface area contributed by atoms with Crippen LogP contribution in [0.2, 0.25) is 0 Å². The van der Waals surface area contributed by atoms with E-state index in [2.05, 4.69) is 24.1 Å². The number of rotatable bonds is 6. The van der Waals surface area contributed by atoms with Crippen molar-refractivity contribution in [2.75, 3.05) is 13.1 Å². The van der Waals surface area contributed by atoms with Gasteiger partial charge in [-0.3, -0.25) is 9.69 Å². The van der Waals surface area contributed by atoms with Crippen LogP contribution in [-0.2, 0) is 16.1 Å². The van der Waals surface area contributed by atoms with E-state index in [1.807, 2.05) is 12.1 Å². The molecule has 0 aromatic heterocycles. The van der Waals surface area contributed by atoms with Crippen LogP contribution in [-0.4, -0.2) is 47.2 Å². The molecule has 1 fully saturated rings. The molecule has 1 saturated heterocycles. The highest BCUT2D eigenvalue weighted by atomic mass is 16.5. The van der Waals surface area contributed by atoms with Gasteiger partial charge < -0.3 is 15.2 Å². The lowest BCUT2D eigenvalue weighted by Crippen LogP contribution is -2.44. The van der Waals surface area contributed by atoms with Gasteiger partial charge in [-0.15, -0.1) is 0 Å². The number of hydrogen-bond donors (Lipinski definition) is 2. The van der Waals surface area contributed by atoms with Crippen molar-refractivity contribution in [3.05, 3.63) is 71.3 Å². The van der Waals surface area contributed by atoms with E-state index in [9.17, 15) is 14.7 Å². The molecule has 1 aliphatic heterocycles. The van der Waals surface area contributed by atoms with E-state index >= 15 is 0 Å². The summed E-state index contributed by atoms with van der Waals surface area (Å²) in [6.07, 6.45) is 0.416. The molecule has 28 heavy (non-hydrogen) atoms. The average Bonchev–Trinajstić information content (AvgIpc) is 2.66. The molecule has 1 aliphatic rings. The van der Waals surface area contributed by atoms with Gasteiger partial charge in [-0.2, -0.15) is 0 Å². The van der Waals surface area contributed by atoms with E-state index < -0.39 is 17.9 Å².